The normalized spacial score (nSPS) is 11.1. The Morgan fingerprint density at radius 2 is 1.48 bits per heavy atom. The van der Waals surface area contributed by atoms with Crippen LogP contribution in [0, 0.1) is 11.6 Å². The molecule has 0 saturated carbocycles. The van der Waals surface area contributed by atoms with E-state index in [1.165, 1.54) is 24.3 Å². The highest BCUT2D eigenvalue weighted by molar-refractivity contribution is 7.92. The molecule has 150 valence electrons. The number of carbonyl (C=O) groups is 1. The number of benzene rings is 3. The van der Waals surface area contributed by atoms with Crippen LogP contribution in [0.3, 0.4) is 0 Å². The maximum absolute atomic E-state index is 13.3. The van der Waals surface area contributed by atoms with Gasteiger partial charge in [0.15, 0.2) is 11.6 Å². The Bertz CT molecular complexity index is 1130. The fourth-order valence-electron chi connectivity index (χ4n) is 2.57. The number of sulfonamides is 1. The van der Waals surface area contributed by atoms with Crippen molar-refractivity contribution in [3.05, 3.63) is 89.5 Å². The van der Waals surface area contributed by atoms with Gasteiger partial charge in [-0.15, -0.1) is 0 Å². The smallest absolute Gasteiger partial charge is 0.261 e. The lowest BCUT2D eigenvalue weighted by Crippen LogP contribution is -2.14. The van der Waals surface area contributed by atoms with E-state index in [0.29, 0.717) is 17.3 Å². The van der Waals surface area contributed by atoms with Gasteiger partial charge in [-0.2, -0.15) is 0 Å². The second-order valence-corrected chi connectivity index (χ2v) is 7.95. The van der Waals surface area contributed by atoms with Gasteiger partial charge in [-0.25, -0.2) is 17.2 Å². The number of carbonyl (C=O) groups excluding carboxylic acids is 1. The molecule has 0 radical (unpaired) electrons. The summed E-state index contributed by atoms with van der Waals surface area (Å²) in [6, 6.07) is 15.5. The molecule has 3 aromatic carbocycles. The van der Waals surface area contributed by atoms with Crippen LogP contribution < -0.4 is 10.0 Å². The molecule has 0 aliphatic rings. The first kappa shape index (κ1) is 20.5. The molecule has 8 heteroatoms. The first-order chi connectivity index (χ1) is 13.8. The number of halogens is 2. The van der Waals surface area contributed by atoms with Crippen LogP contribution in [0.5, 0.6) is 0 Å². The Morgan fingerprint density at radius 3 is 2.07 bits per heavy atom. The van der Waals surface area contributed by atoms with E-state index in [-0.39, 0.29) is 11.6 Å². The molecule has 0 saturated heterocycles. The lowest BCUT2D eigenvalue weighted by Gasteiger charge is -2.10. The maximum atomic E-state index is 13.3. The molecular formula is C21H18F2N2O3S. The van der Waals surface area contributed by atoms with Gasteiger partial charge in [0.1, 0.15) is 0 Å². The molecule has 3 rings (SSSR count). The second kappa shape index (κ2) is 8.40. The van der Waals surface area contributed by atoms with Gasteiger partial charge < -0.3 is 5.32 Å². The third-order valence-corrected chi connectivity index (χ3v) is 5.60. The molecule has 0 aliphatic carbocycles. The third kappa shape index (κ3) is 4.97. The van der Waals surface area contributed by atoms with Crippen LogP contribution in [0.15, 0.2) is 71.6 Å². The fraction of sp³-hybridized carbons (Fsp3) is 0.0952. The van der Waals surface area contributed by atoms with Crippen LogP contribution in [0.1, 0.15) is 22.8 Å². The van der Waals surface area contributed by atoms with E-state index in [9.17, 15) is 22.0 Å². The summed E-state index contributed by atoms with van der Waals surface area (Å²) in [6.45, 7) is 2.03. The first-order valence-electron chi connectivity index (χ1n) is 8.77. The van der Waals surface area contributed by atoms with E-state index < -0.39 is 26.6 Å². The van der Waals surface area contributed by atoms with Crippen LogP contribution in [0.4, 0.5) is 20.2 Å². The number of aryl methyl sites for hydroxylation is 1. The summed E-state index contributed by atoms with van der Waals surface area (Å²) < 4.78 is 53.2. The second-order valence-electron chi connectivity index (χ2n) is 6.26. The van der Waals surface area contributed by atoms with Crippen LogP contribution in [-0.4, -0.2) is 14.3 Å². The molecule has 0 bridgehead atoms. The highest BCUT2D eigenvalue weighted by Crippen LogP contribution is 2.20. The van der Waals surface area contributed by atoms with Gasteiger partial charge in [-0.3, -0.25) is 9.52 Å². The molecule has 1 amide bonds. The van der Waals surface area contributed by atoms with E-state index in [1.807, 2.05) is 19.1 Å². The summed E-state index contributed by atoms with van der Waals surface area (Å²) in [5, 5.41) is 2.72. The Morgan fingerprint density at radius 1 is 0.862 bits per heavy atom. The van der Waals surface area contributed by atoms with Crippen molar-refractivity contribution in [2.24, 2.45) is 0 Å². The molecular weight excluding hydrogens is 398 g/mol. The summed E-state index contributed by atoms with van der Waals surface area (Å²) in [6.07, 6.45) is 0.879. The molecule has 0 unspecified atom stereocenters. The average Bonchev–Trinajstić information content (AvgIpc) is 2.71. The topological polar surface area (TPSA) is 75.3 Å². The Labute approximate surface area is 167 Å². The molecule has 0 atom stereocenters. The van der Waals surface area contributed by atoms with Crippen molar-refractivity contribution < 1.29 is 22.0 Å². The van der Waals surface area contributed by atoms with E-state index >= 15 is 0 Å². The lowest BCUT2D eigenvalue weighted by atomic mass is 10.1. The van der Waals surface area contributed by atoms with E-state index in [2.05, 4.69) is 10.0 Å². The average molecular weight is 416 g/mol. The fourth-order valence-corrected chi connectivity index (χ4v) is 3.64. The summed E-state index contributed by atoms with van der Waals surface area (Å²) in [5.41, 5.74) is 2.31. The number of hydrogen-bond acceptors (Lipinski definition) is 3. The Balaban J connectivity index is 1.69. The largest absolute Gasteiger partial charge is 0.322 e. The zero-order valence-corrected chi connectivity index (χ0v) is 16.3. The van der Waals surface area contributed by atoms with Crippen molar-refractivity contribution in [3.63, 3.8) is 0 Å². The number of rotatable bonds is 6. The van der Waals surface area contributed by atoms with Crippen molar-refractivity contribution >= 4 is 27.3 Å². The number of amides is 1. The summed E-state index contributed by atoms with van der Waals surface area (Å²) in [4.78, 5) is 11.9. The van der Waals surface area contributed by atoms with Gasteiger partial charge in [-0.05, 0) is 66.6 Å². The molecule has 5 nitrogen and oxygen atoms in total. The monoisotopic (exact) mass is 416 g/mol. The minimum Gasteiger partial charge on any atom is -0.322 e. The van der Waals surface area contributed by atoms with Crippen LogP contribution in [-0.2, 0) is 16.4 Å². The zero-order valence-electron chi connectivity index (χ0n) is 15.4. The molecule has 0 heterocycles. The Hall–Kier alpha value is -3.26. The van der Waals surface area contributed by atoms with E-state index in [4.69, 9.17) is 0 Å². The molecule has 0 spiro atoms. The highest BCUT2D eigenvalue weighted by Gasteiger charge is 2.17. The predicted octanol–water partition coefficient (Wildman–Crippen LogP) is 4.58. The molecule has 29 heavy (non-hydrogen) atoms. The summed E-state index contributed by atoms with van der Waals surface area (Å²) >= 11 is 0. The molecule has 3 aromatic rings. The maximum Gasteiger partial charge on any atom is 0.261 e. The third-order valence-electron chi connectivity index (χ3n) is 4.22. The summed E-state index contributed by atoms with van der Waals surface area (Å²) in [7, 11) is -4.08. The van der Waals surface area contributed by atoms with Crippen LogP contribution in [0.2, 0.25) is 0 Å². The van der Waals surface area contributed by atoms with Crippen molar-refractivity contribution in [2.75, 3.05) is 10.0 Å². The zero-order chi connectivity index (χ0) is 21.0. The van der Waals surface area contributed by atoms with Crippen molar-refractivity contribution in [1.29, 1.82) is 0 Å². The van der Waals surface area contributed by atoms with Gasteiger partial charge >= 0.3 is 0 Å². The van der Waals surface area contributed by atoms with Gasteiger partial charge in [-0.1, -0.05) is 19.1 Å². The van der Waals surface area contributed by atoms with Crippen LogP contribution >= 0.6 is 0 Å². The van der Waals surface area contributed by atoms with Gasteiger partial charge in [0.2, 0.25) is 0 Å². The Kier molecular flexibility index (Phi) is 5.93. The first-order valence-corrected chi connectivity index (χ1v) is 10.2. The minimum absolute atomic E-state index is 0.208. The lowest BCUT2D eigenvalue weighted by molar-refractivity contribution is 0.102. The van der Waals surface area contributed by atoms with Crippen molar-refractivity contribution in [3.8, 4) is 0 Å². The highest BCUT2D eigenvalue weighted by atomic mass is 32.2. The summed E-state index contributed by atoms with van der Waals surface area (Å²) in [5.74, 6) is -2.67. The molecule has 0 fully saturated rings. The van der Waals surface area contributed by atoms with E-state index in [1.54, 1.807) is 12.1 Å². The number of anilines is 2. The van der Waals surface area contributed by atoms with Gasteiger partial charge in [0.05, 0.1) is 4.90 Å². The van der Waals surface area contributed by atoms with Crippen molar-refractivity contribution in [1.82, 2.24) is 0 Å². The predicted molar refractivity (Wildman–Crippen MR) is 107 cm³/mol. The molecule has 0 aliphatic heterocycles. The van der Waals surface area contributed by atoms with Gasteiger partial charge in [0, 0.05) is 16.9 Å². The standard InChI is InChI=1S/C21H18F2N2O3S/c1-2-14-3-5-15(6-4-14)21(26)24-16-7-9-17(10-8-16)25-29(27,28)18-11-12-19(22)20(23)13-18/h3-13,25H,2H2,1H3,(H,24,26). The minimum atomic E-state index is -4.08. The number of nitrogens with one attached hydrogen (secondary N) is 2. The van der Waals surface area contributed by atoms with Crippen LogP contribution in [0.25, 0.3) is 0 Å². The number of hydrogen-bond donors (Lipinski definition) is 2. The SMILES string of the molecule is CCc1ccc(C(=O)Nc2ccc(NS(=O)(=O)c3ccc(F)c(F)c3)cc2)cc1. The van der Waals surface area contributed by atoms with E-state index in [0.717, 1.165) is 24.1 Å². The quantitative estimate of drug-likeness (QED) is 0.618. The van der Waals surface area contributed by atoms with Gasteiger partial charge in [0.25, 0.3) is 15.9 Å². The molecule has 2 N–H and O–H groups in total. The molecule has 0 aromatic heterocycles. The van der Waals surface area contributed by atoms with Crippen molar-refractivity contribution in [2.45, 2.75) is 18.2 Å².